The molecule has 120 valence electrons. The summed E-state index contributed by atoms with van der Waals surface area (Å²) in [5, 5.41) is 3.65. The van der Waals surface area contributed by atoms with Crippen LogP contribution in [0.4, 0.5) is 0 Å². The van der Waals surface area contributed by atoms with Crippen molar-refractivity contribution in [3.63, 3.8) is 0 Å². The number of nitrogens with one attached hydrogen (secondary N) is 1. The molecule has 3 heteroatoms. The monoisotopic (exact) mass is 292 g/mol. The third-order valence-electron chi connectivity index (χ3n) is 3.73. The van der Waals surface area contributed by atoms with Gasteiger partial charge in [-0.3, -0.25) is 4.90 Å². The van der Waals surface area contributed by atoms with E-state index in [0.717, 1.165) is 18.8 Å². The molecule has 0 bridgehead atoms. The maximum atomic E-state index is 5.50. The van der Waals surface area contributed by atoms with Gasteiger partial charge in [-0.05, 0) is 47.2 Å². The first-order chi connectivity index (χ1) is 9.78. The third kappa shape index (κ3) is 5.68. The number of hydrogen-bond donors (Lipinski definition) is 1. The molecule has 1 aromatic carbocycles. The molecule has 0 aliphatic rings. The Hall–Kier alpha value is -1.06. The molecular weight excluding hydrogens is 260 g/mol. The largest absolute Gasteiger partial charge is 0.496 e. The van der Waals surface area contributed by atoms with E-state index in [2.05, 4.69) is 63.9 Å². The summed E-state index contributed by atoms with van der Waals surface area (Å²) >= 11 is 0. The number of hydrogen-bond acceptors (Lipinski definition) is 3. The summed E-state index contributed by atoms with van der Waals surface area (Å²) in [4.78, 5) is 2.49. The van der Waals surface area contributed by atoms with Crippen molar-refractivity contribution < 1.29 is 4.74 Å². The van der Waals surface area contributed by atoms with E-state index in [-0.39, 0.29) is 5.54 Å². The molecule has 0 spiro atoms. The van der Waals surface area contributed by atoms with E-state index >= 15 is 0 Å². The van der Waals surface area contributed by atoms with E-state index in [9.17, 15) is 0 Å². The molecular formula is C18H32N2O. The van der Waals surface area contributed by atoms with Crippen molar-refractivity contribution in [3.05, 3.63) is 29.8 Å². The highest BCUT2D eigenvalue weighted by atomic mass is 16.5. The van der Waals surface area contributed by atoms with Crippen molar-refractivity contribution in [1.82, 2.24) is 10.2 Å². The predicted molar refractivity (Wildman–Crippen MR) is 91.0 cm³/mol. The summed E-state index contributed by atoms with van der Waals surface area (Å²) < 4.78 is 5.50. The molecule has 0 saturated carbocycles. The quantitative estimate of drug-likeness (QED) is 0.826. The van der Waals surface area contributed by atoms with Gasteiger partial charge < -0.3 is 10.1 Å². The van der Waals surface area contributed by atoms with Crippen molar-refractivity contribution in [1.29, 1.82) is 0 Å². The van der Waals surface area contributed by atoms with Gasteiger partial charge >= 0.3 is 0 Å². The van der Waals surface area contributed by atoms with E-state index in [1.807, 2.05) is 12.1 Å². The Bertz CT molecular complexity index is 425. The Morgan fingerprint density at radius 3 is 2.33 bits per heavy atom. The van der Waals surface area contributed by atoms with E-state index in [1.54, 1.807) is 7.11 Å². The second-order valence-electron chi connectivity index (χ2n) is 6.80. The normalized spacial score (nSPS) is 15.0. The minimum absolute atomic E-state index is 0.145. The van der Waals surface area contributed by atoms with Gasteiger partial charge in [0.15, 0.2) is 0 Å². The minimum atomic E-state index is 0.145. The molecule has 1 aromatic rings. The molecule has 0 amide bonds. The average Bonchev–Trinajstić information content (AvgIpc) is 2.42. The number of likely N-dealkylation sites (N-methyl/N-ethyl adjacent to an activating group) is 1. The number of ether oxygens (including phenoxy) is 1. The number of para-hydroxylation sites is 1. The highest BCUT2D eigenvalue weighted by Gasteiger charge is 2.21. The fourth-order valence-corrected chi connectivity index (χ4v) is 2.91. The predicted octanol–water partition coefficient (Wildman–Crippen LogP) is 3.85. The summed E-state index contributed by atoms with van der Waals surface area (Å²) in [6.45, 7) is 15.4. The van der Waals surface area contributed by atoms with Gasteiger partial charge in [-0.25, -0.2) is 0 Å². The Labute approximate surface area is 130 Å². The molecule has 0 aromatic heterocycles. The van der Waals surface area contributed by atoms with Crippen molar-refractivity contribution in [2.24, 2.45) is 0 Å². The Balaban J connectivity index is 2.79. The summed E-state index contributed by atoms with van der Waals surface area (Å²) in [6, 6.07) is 9.09. The van der Waals surface area contributed by atoms with Gasteiger partial charge in [0.1, 0.15) is 5.75 Å². The lowest BCUT2D eigenvalue weighted by Crippen LogP contribution is -2.48. The van der Waals surface area contributed by atoms with Crippen LogP contribution in [0.15, 0.2) is 24.3 Å². The van der Waals surface area contributed by atoms with E-state index < -0.39 is 0 Å². The van der Waals surface area contributed by atoms with Crippen molar-refractivity contribution in [2.75, 3.05) is 20.2 Å². The highest BCUT2D eigenvalue weighted by Crippen LogP contribution is 2.28. The van der Waals surface area contributed by atoms with Gasteiger partial charge in [0.05, 0.1) is 7.11 Å². The van der Waals surface area contributed by atoms with Crippen molar-refractivity contribution >= 4 is 0 Å². The van der Waals surface area contributed by atoms with Gasteiger partial charge in [0.2, 0.25) is 0 Å². The fourth-order valence-electron chi connectivity index (χ4n) is 2.91. The molecule has 3 nitrogen and oxygen atoms in total. The third-order valence-corrected chi connectivity index (χ3v) is 3.73. The van der Waals surface area contributed by atoms with Crippen LogP contribution in [0.25, 0.3) is 0 Å². The lowest BCUT2D eigenvalue weighted by molar-refractivity contribution is 0.186. The van der Waals surface area contributed by atoms with Crippen LogP contribution in [0.1, 0.15) is 53.1 Å². The first-order valence-corrected chi connectivity index (χ1v) is 7.93. The van der Waals surface area contributed by atoms with E-state index in [4.69, 9.17) is 4.74 Å². The Morgan fingerprint density at radius 2 is 1.81 bits per heavy atom. The average molecular weight is 292 g/mol. The maximum Gasteiger partial charge on any atom is 0.123 e. The smallest absolute Gasteiger partial charge is 0.123 e. The highest BCUT2D eigenvalue weighted by molar-refractivity contribution is 5.35. The zero-order chi connectivity index (χ0) is 16.0. The van der Waals surface area contributed by atoms with Crippen molar-refractivity contribution in [3.8, 4) is 5.75 Å². The lowest BCUT2D eigenvalue weighted by Gasteiger charge is -2.34. The summed E-state index contributed by atoms with van der Waals surface area (Å²) in [7, 11) is 1.74. The zero-order valence-electron chi connectivity index (χ0n) is 14.7. The Kier molecular flexibility index (Phi) is 6.69. The second kappa shape index (κ2) is 7.81. The number of rotatable bonds is 7. The maximum absolute atomic E-state index is 5.50. The van der Waals surface area contributed by atoms with Gasteiger partial charge in [0.25, 0.3) is 0 Å². The first kappa shape index (κ1) is 18.0. The second-order valence-corrected chi connectivity index (χ2v) is 6.80. The molecule has 0 heterocycles. The standard InChI is InChI=1S/C18H32N2O/c1-8-20(13-14(2)19-18(4,5)6)15(3)16-11-9-10-12-17(16)21-7/h9-12,14-15,19H,8,13H2,1-7H3/t14-,15-/m0/s1. The van der Waals surface area contributed by atoms with Crippen LogP contribution in [-0.2, 0) is 0 Å². The fraction of sp³-hybridized carbons (Fsp3) is 0.667. The molecule has 1 N–H and O–H groups in total. The Morgan fingerprint density at radius 1 is 1.19 bits per heavy atom. The molecule has 0 aliphatic carbocycles. The molecule has 21 heavy (non-hydrogen) atoms. The van der Waals surface area contributed by atoms with Crippen LogP contribution in [0.5, 0.6) is 5.75 Å². The van der Waals surface area contributed by atoms with Crippen LogP contribution < -0.4 is 10.1 Å². The van der Waals surface area contributed by atoms with Crippen molar-refractivity contribution in [2.45, 2.75) is 59.2 Å². The van der Waals surface area contributed by atoms with Crippen LogP contribution in [0, 0.1) is 0 Å². The van der Waals surface area contributed by atoms with Gasteiger partial charge in [-0.1, -0.05) is 25.1 Å². The molecule has 0 unspecified atom stereocenters. The van der Waals surface area contributed by atoms with Gasteiger partial charge in [-0.2, -0.15) is 0 Å². The summed E-state index contributed by atoms with van der Waals surface area (Å²) in [5.41, 5.74) is 1.40. The molecule has 1 rings (SSSR count). The summed E-state index contributed by atoms with van der Waals surface area (Å²) in [5.74, 6) is 0.972. The molecule has 0 radical (unpaired) electrons. The topological polar surface area (TPSA) is 24.5 Å². The number of benzene rings is 1. The SMILES string of the molecule is CCN(C[C@H](C)NC(C)(C)C)[C@@H](C)c1ccccc1OC. The first-order valence-electron chi connectivity index (χ1n) is 7.93. The molecule has 2 atom stereocenters. The minimum Gasteiger partial charge on any atom is -0.496 e. The van der Waals surface area contributed by atoms with Crippen LogP contribution in [0.3, 0.4) is 0 Å². The molecule has 0 fully saturated rings. The van der Waals surface area contributed by atoms with Crippen LogP contribution in [0.2, 0.25) is 0 Å². The number of nitrogens with zero attached hydrogens (tertiary/aromatic N) is 1. The van der Waals surface area contributed by atoms with E-state index in [0.29, 0.717) is 12.1 Å². The lowest BCUT2D eigenvalue weighted by atomic mass is 10.0. The zero-order valence-corrected chi connectivity index (χ0v) is 14.7. The van der Waals surface area contributed by atoms with Gasteiger partial charge in [0, 0.05) is 29.7 Å². The number of methoxy groups -OCH3 is 1. The molecule has 0 aliphatic heterocycles. The molecule has 0 saturated heterocycles. The van der Waals surface area contributed by atoms with Crippen LogP contribution in [-0.4, -0.2) is 36.7 Å². The van der Waals surface area contributed by atoms with Crippen LogP contribution >= 0.6 is 0 Å². The van der Waals surface area contributed by atoms with Gasteiger partial charge in [-0.15, -0.1) is 0 Å². The van der Waals surface area contributed by atoms with E-state index in [1.165, 1.54) is 5.56 Å². The summed E-state index contributed by atoms with van der Waals surface area (Å²) in [6.07, 6.45) is 0.